The fourth-order valence-electron chi connectivity index (χ4n) is 1.86. The normalized spacial score (nSPS) is 13.4. The van der Waals surface area contributed by atoms with Crippen LogP contribution in [0.4, 0.5) is 0 Å². The molecule has 0 saturated carbocycles. The Morgan fingerprint density at radius 1 is 1.50 bits per heavy atom. The van der Waals surface area contributed by atoms with Gasteiger partial charge in [0.2, 0.25) is 0 Å². The number of carbonyl (C=O) groups is 1. The molecule has 1 aromatic rings. The molecule has 1 radical (unpaired) electrons. The van der Waals surface area contributed by atoms with E-state index in [1.807, 2.05) is 6.42 Å². The Morgan fingerprint density at radius 3 is 2.81 bits per heavy atom. The number of carbonyl (C=O) groups excluding carboxylic acids is 1. The topological polar surface area (TPSA) is 52.0 Å². The Balaban J connectivity index is 0.00000128. The third kappa shape index (κ3) is 2.28. The van der Waals surface area contributed by atoms with Crippen LogP contribution in [0.5, 0.6) is 0 Å². The number of fused-ring (bicyclic) bond motifs is 1. The van der Waals surface area contributed by atoms with Crippen molar-refractivity contribution in [1.29, 1.82) is 0 Å². The summed E-state index contributed by atoms with van der Waals surface area (Å²) in [5, 5.41) is 0. The minimum Gasteiger partial charge on any atom is -0.325 e. The summed E-state index contributed by atoms with van der Waals surface area (Å²) in [6.45, 7) is 3.80. The van der Waals surface area contributed by atoms with Gasteiger partial charge in [-0.15, -0.1) is 0 Å². The molecule has 4 nitrogen and oxygen atoms in total. The number of hydrogen-bond donors (Lipinski definition) is 0. The molecule has 0 aliphatic carbocycles. The number of Topliss-reactive ketones (excluding diaryl/α,β-unsaturated/α-hetero) is 1. The molecule has 0 amide bonds. The van der Waals surface area contributed by atoms with Crippen LogP contribution >= 0.6 is 0 Å². The first kappa shape index (κ1) is 13.6. The number of ketones is 1. The summed E-state index contributed by atoms with van der Waals surface area (Å²) in [4.78, 5) is 27.4. The standard InChI is InChI=1S/C11H13N2O2.Y/c1-7-10(8(2)14)12-9-5-3-4-6-13(9)11(7)15;/h5H,3-4,6H2,1-2H3;/q-1;. The summed E-state index contributed by atoms with van der Waals surface area (Å²) in [6.07, 6.45) is 3.80. The maximum atomic E-state index is 11.9. The molecule has 1 aromatic heterocycles. The van der Waals surface area contributed by atoms with Crippen LogP contribution in [-0.2, 0) is 39.3 Å². The molecule has 0 unspecified atom stereocenters. The molecule has 0 saturated heterocycles. The van der Waals surface area contributed by atoms with Gasteiger partial charge < -0.3 is 11.0 Å². The zero-order valence-electron chi connectivity index (χ0n) is 9.49. The average molecular weight is 294 g/mol. The third-order valence-electron chi connectivity index (χ3n) is 2.67. The quantitative estimate of drug-likeness (QED) is 0.575. The summed E-state index contributed by atoms with van der Waals surface area (Å²) in [5.74, 6) is 0.494. The second kappa shape index (κ2) is 5.24. The van der Waals surface area contributed by atoms with E-state index < -0.39 is 0 Å². The molecule has 16 heavy (non-hydrogen) atoms. The zero-order chi connectivity index (χ0) is 11.0. The molecule has 0 N–H and O–H groups in total. The van der Waals surface area contributed by atoms with Crippen molar-refractivity contribution in [2.45, 2.75) is 33.2 Å². The minimum absolute atomic E-state index is 0. The Bertz CT molecular complexity index is 480. The van der Waals surface area contributed by atoms with Gasteiger partial charge in [0.05, 0.1) is 0 Å². The number of nitrogens with zero attached hydrogens (tertiary/aromatic N) is 2. The number of aromatic nitrogens is 2. The van der Waals surface area contributed by atoms with Crippen molar-refractivity contribution in [1.82, 2.24) is 9.55 Å². The van der Waals surface area contributed by atoms with Crippen LogP contribution < -0.4 is 5.56 Å². The largest absolute Gasteiger partial charge is 0.325 e. The molecule has 5 heteroatoms. The van der Waals surface area contributed by atoms with Crippen LogP contribution in [0.2, 0.25) is 0 Å². The predicted molar refractivity (Wildman–Crippen MR) is 55.9 cm³/mol. The molecular weight excluding hydrogens is 281 g/mol. The molecule has 0 aromatic carbocycles. The van der Waals surface area contributed by atoms with E-state index in [1.54, 1.807) is 11.5 Å². The van der Waals surface area contributed by atoms with Gasteiger partial charge in [-0.05, 0) is 12.7 Å². The van der Waals surface area contributed by atoms with Crippen LogP contribution in [0.3, 0.4) is 0 Å². The van der Waals surface area contributed by atoms with Crippen LogP contribution in [0.25, 0.3) is 0 Å². The summed E-state index contributed by atoms with van der Waals surface area (Å²) in [7, 11) is 0. The van der Waals surface area contributed by atoms with Gasteiger partial charge in [0.25, 0.3) is 5.56 Å². The van der Waals surface area contributed by atoms with Crippen LogP contribution in [0, 0.1) is 13.3 Å². The molecule has 83 valence electrons. The SMILES string of the molecule is CC(=O)c1nc2n(c(=O)c1C)CCC[CH-]2.[Y]. The smallest absolute Gasteiger partial charge is 0.255 e. The summed E-state index contributed by atoms with van der Waals surface area (Å²) >= 11 is 0. The fourth-order valence-corrected chi connectivity index (χ4v) is 1.86. The second-order valence-electron chi connectivity index (χ2n) is 3.80. The Kier molecular flexibility index (Phi) is 4.45. The molecule has 0 bridgehead atoms. The first-order valence-corrected chi connectivity index (χ1v) is 5.07. The van der Waals surface area contributed by atoms with E-state index in [0.29, 0.717) is 23.6 Å². The third-order valence-corrected chi connectivity index (χ3v) is 2.67. The Morgan fingerprint density at radius 2 is 2.19 bits per heavy atom. The Labute approximate surface area is 119 Å². The van der Waals surface area contributed by atoms with Crippen molar-refractivity contribution in [2.24, 2.45) is 0 Å². The molecule has 0 atom stereocenters. The van der Waals surface area contributed by atoms with Gasteiger partial charge in [-0.3, -0.25) is 14.6 Å². The van der Waals surface area contributed by atoms with E-state index >= 15 is 0 Å². The van der Waals surface area contributed by atoms with Gasteiger partial charge in [-0.25, -0.2) is 0 Å². The molecule has 0 fully saturated rings. The van der Waals surface area contributed by atoms with E-state index in [0.717, 1.165) is 12.8 Å². The van der Waals surface area contributed by atoms with Crippen molar-refractivity contribution in [2.75, 3.05) is 0 Å². The molecular formula is C11H13N2O2Y-. The monoisotopic (exact) mass is 294 g/mol. The maximum absolute atomic E-state index is 11.9. The van der Waals surface area contributed by atoms with Crippen LogP contribution in [0.1, 0.15) is 41.6 Å². The Hall–Kier alpha value is -0.476. The summed E-state index contributed by atoms with van der Waals surface area (Å²) in [5.41, 5.74) is 0.687. The fraction of sp³-hybridized carbons (Fsp3) is 0.455. The number of hydrogen-bond acceptors (Lipinski definition) is 3. The maximum Gasteiger partial charge on any atom is 0.255 e. The van der Waals surface area contributed by atoms with Gasteiger partial charge in [0.1, 0.15) is 5.69 Å². The first-order valence-electron chi connectivity index (χ1n) is 5.07. The van der Waals surface area contributed by atoms with Gasteiger partial charge in [-0.2, -0.15) is 6.42 Å². The van der Waals surface area contributed by atoms with Crippen molar-refractivity contribution < 1.29 is 37.5 Å². The minimum atomic E-state index is -0.146. The molecule has 2 rings (SSSR count). The van der Waals surface area contributed by atoms with E-state index in [4.69, 9.17) is 0 Å². The van der Waals surface area contributed by atoms with Crippen molar-refractivity contribution in [3.8, 4) is 0 Å². The van der Waals surface area contributed by atoms with E-state index in [1.165, 1.54) is 6.92 Å². The molecule has 2 heterocycles. The average Bonchev–Trinajstić information content (AvgIpc) is 2.23. The summed E-state index contributed by atoms with van der Waals surface area (Å²) < 4.78 is 1.64. The van der Waals surface area contributed by atoms with Gasteiger partial charge in [0.15, 0.2) is 5.78 Å². The first-order chi connectivity index (χ1) is 7.11. The van der Waals surface area contributed by atoms with Gasteiger partial charge in [0, 0.05) is 51.7 Å². The number of rotatable bonds is 1. The molecule has 1 aliphatic heterocycles. The predicted octanol–water partition coefficient (Wildman–Crippen LogP) is 1.10. The van der Waals surface area contributed by atoms with E-state index in [-0.39, 0.29) is 44.1 Å². The van der Waals surface area contributed by atoms with Gasteiger partial charge in [-0.1, -0.05) is 6.42 Å². The molecule has 0 spiro atoms. The van der Waals surface area contributed by atoms with Crippen molar-refractivity contribution >= 4 is 5.78 Å². The van der Waals surface area contributed by atoms with Crippen LogP contribution in [-0.4, -0.2) is 15.3 Å². The zero-order valence-corrected chi connectivity index (χ0v) is 12.3. The van der Waals surface area contributed by atoms with Gasteiger partial charge >= 0.3 is 0 Å². The van der Waals surface area contributed by atoms with Crippen molar-refractivity contribution in [3.05, 3.63) is 33.9 Å². The van der Waals surface area contributed by atoms with Crippen LogP contribution in [0.15, 0.2) is 4.79 Å². The van der Waals surface area contributed by atoms with E-state index in [9.17, 15) is 9.59 Å². The van der Waals surface area contributed by atoms with Crippen molar-refractivity contribution in [3.63, 3.8) is 0 Å². The summed E-state index contributed by atoms with van der Waals surface area (Å²) in [6, 6.07) is 0. The van der Waals surface area contributed by atoms with E-state index in [2.05, 4.69) is 4.98 Å². The molecule has 1 aliphatic rings. The second-order valence-corrected chi connectivity index (χ2v) is 3.80.